The van der Waals surface area contributed by atoms with E-state index in [0.717, 1.165) is 0 Å². The molecule has 0 amide bonds. The predicted octanol–water partition coefficient (Wildman–Crippen LogP) is 3.24. The molecule has 0 aliphatic carbocycles. The van der Waals surface area contributed by atoms with Gasteiger partial charge in [-0.2, -0.15) is 4.31 Å². The molecule has 4 rings (SSSR count). The van der Waals surface area contributed by atoms with E-state index < -0.39 is 16.0 Å². The molecule has 1 aliphatic heterocycles. The lowest BCUT2D eigenvalue weighted by Gasteiger charge is -2.26. The summed E-state index contributed by atoms with van der Waals surface area (Å²) in [5.74, 6) is 0.588. The summed E-state index contributed by atoms with van der Waals surface area (Å²) < 4.78 is 48.6. The number of carbonyl (C=O) groups is 1. The van der Waals surface area contributed by atoms with Crippen molar-refractivity contribution in [2.75, 3.05) is 26.3 Å². The van der Waals surface area contributed by atoms with Gasteiger partial charge in [0.1, 0.15) is 24.7 Å². The molecule has 1 aromatic heterocycles. The van der Waals surface area contributed by atoms with Crippen LogP contribution in [0.25, 0.3) is 0 Å². The lowest BCUT2D eigenvalue weighted by Crippen LogP contribution is -2.40. The monoisotopic (exact) mass is 457 g/mol. The van der Waals surface area contributed by atoms with Crippen LogP contribution in [0.2, 0.25) is 0 Å². The zero-order valence-electron chi connectivity index (χ0n) is 17.3. The SMILES string of the molecule is O=C(OCc1cccc(S(=O)(=O)N2CCOCC2)c1)c1ccc(COc2ccccc2)o1. The Balaban J connectivity index is 1.34. The van der Waals surface area contributed by atoms with Crippen molar-refractivity contribution in [1.82, 2.24) is 4.31 Å². The Hall–Kier alpha value is -3.14. The predicted molar refractivity (Wildman–Crippen MR) is 115 cm³/mol. The van der Waals surface area contributed by atoms with Gasteiger partial charge in [-0.25, -0.2) is 13.2 Å². The fraction of sp³-hybridized carbons (Fsp3) is 0.261. The second-order valence-electron chi connectivity index (χ2n) is 7.11. The lowest BCUT2D eigenvalue weighted by molar-refractivity contribution is 0.0432. The van der Waals surface area contributed by atoms with E-state index in [1.165, 1.54) is 22.5 Å². The molecule has 168 valence electrons. The van der Waals surface area contributed by atoms with Crippen molar-refractivity contribution >= 4 is 16.0 Å². The van der Waals surface area contributed by atoms with Crippen LogP contribution in [0.15, 0.2) is 76.0 Å². The molecule has 2 heterocycles. The number of ether oxygens (including phenoxy) is 3. The van der Waals surface area contributed by atoms with Crippen molar-refractivity contribution < 1.29 is 31.8 Å². The van der Waals surface area contributed by atoms with Crippen LogP contribution in [-0.4, -0.2) is 45.0 Å². The zero-order chi connectivity index (χ0) is 22.4. The molecule has 9 heteroatoms. The minimum absolute atomic E-state index is 0.0498. The molecule has 2 aromatic carbocycles. The van der Waals surface area contributed by atoms with E-state index in [2.05, 4.69) is 0 Å². The van der Waals surface area contributed by atoms with E-state index >= 15 is 0 Å². The summed E-state index contributed by atoms with van der Waals surface area (Å²) >= 11 is 0. The number of furan rings is 1. The number of sulfonamides is 1. The van der Waals surface area contributed by atoms with Gasteiger partial charge in [0, 0.05) is 13.1 Å². The first-order chi connectivity index (χ1) is 15.5. The smallest absolute Gasteiger partial charge is 0.374 e. The number of nitrogens with zero attached hydrogens (tertiary/aromatic N) is 1. The summed E-state index contributed by atoms with van der Waals surface area (Å²) in [6, 6.07) is 18.8. The van der Waals surface area contributed by atoms with Crippen molar-refractivity contribution in [1.29, 1.82) is 0 Å². The summed E-state index contributed by atoms with van der Waals surface area (Å²) in [7, 11) is -3.62. The number of para-hydroxylation sites is 1. The van der Waals surface area contributed by atoms with Crippen LogP contribution in [0.4, 0.5) is 0 Å². The van der Waals surface area contributed by atoms with E-state index in [-0.39, 0.29) is 23.9 Å². The number of rotatable bonds is 8. The van der Waals surface area contributed by atoms with Crippen molar-refractivity contribution in [3.8, 4) is 5.75 Å². The number of hydrogen-bond acceptors (Lipinski definition) is 7. The molecule has 0 spiro atoms. The van der Waals surface area contributed by atoms with Gasteiger partial charge in [0.2, 0.25) is 15.8 Å². The average Bonchev–Trinajstić information content (AvgIpc) is 3.32. The van der Waals surface area contributed by atoms with Crippen LogP contribution in [0, 0.1) is 0 Å². The number of hydrogen-bond donors (Lipinski definition) is 0. The Morgan fingerprint density at radius 3 is 2.50 bits per heavy atom. The maximum atomic E-state index is 12.8. The first-order valence-electron chi connectivity index (χ1n) is 10.1. The van der Waals surface area contributed by atoms with Crippen molar-refractivity contribution in [2.45, 2.75) is 18.1 Å². The molecule has 1 fully saturated rings. The number of benzene rings is 2. The van der Waals surface area contributed by atoms with Gasteiger partial charge in [0.15, 0.2) is 0 Å². The van der Waals surface area contributed by atoms with E-state index in [1.54, 1.807) is 18.2 Å². The van der Waals surface area contributed by atoms with Crippen LogP contribution in [0.5, 0.6) is 5.75 Å². The topological polar surface area (TPSA) is 95.3 Å². The van der Waals surface area contributed by atoms with Gasteiger partial charge >= 0.3 is 5.97 Å². The summed E-state index contributed by atoms with van der Waals surface area (Å²) in [6.45, 7) is 1.48. The van der Waals surface area contributed by atoms with E-state index in [1.807, 2.05) is 30.3 Å². The first kappa shape index (κ1) is 22.1. The highest BCUT2D eigenvalue weighted by molar-refractivity contribution is 7.89. The third-order valence-electron chi connectivity index (χ3n) is 4.86. The Bertz CT molecular complexity index is 1150. The third kappa shape index (κ3) is 5.37. The molecule has 0 atom stereocenters. The average molecular weight is 458 g/mol. The van der Waals surface area contributed by atoms with Crippen molar-refractivity contribution in [3.05, 3.63) is 83.8 Å². The van der Waals surface area contributed by atoms with Gasteiger partial charge in [0.25, 0.3) is 0 Å². The van der Waals surface area contributed by atoms with Crippen LogP contribution in [0.1, 0.15) is 21.9 Å². The highest BCUT2D eigenvalue weighted by Gasteiger charge is 2.26. The van der Waals surface area contributed by atoms with Gasteiger partial charge in [-0.05, 0) is 42.0 Å². The second-order valence-corrected chi connectivity index (χ2v) is 9.05. The Labute approximate surface area is 186 Å². The van der Waals surface area contributed by atoms with Gasteiger partial charge in [0.05, 0.1) is 18.1 Å². The maximum Gasteiger partial charge on any atom is 0.374 e. The van der Waals surface area contributed by atoms with Gasteiger partial charge in [-0.3, -0.25) is 0 Å². The largest absolute Gasteiger partial charge is 0.486 e. The van der Waals surface area contributed by atoms with Crippen LogP contribution >= 0.6 is 0 Å². The van der Waals surface area contributed by atoms with Crippen molar-refractivity contribution in [2.24, 2.45) is 0 Å². The van der Waals surface area contributed by atoms with Gasteiger partial charge < -0.3 is 18.6 Å². The molecule has 1 aliphatic rings. The van der Waals surface area contributed by atoms with E-state index in [9.17, 15) is 13.2 Å². The molecule has 0 N–H and O–H groups in total. The highest BCUT2D eigenvalue weighted by atomic mass is 32.2. The zero-order valence-corrected chi connectivity index (χ0v) is 18.1. The quantitative estimate of drug-likeness (QED) is 0.479. The molecular formula is C23H23NO7S. The highest BCUT2D eigenvalue weighted by Crippen LogP contribution is 2.20. The molecular weight excluding hydrogens is 434 g/mol. The van der Waals surface area contributed by atoms with Crippen LogP contribution < -0.4 is 4.74 Å². The fourth-order valence-electron chi connectivity index (χ4n) is 3.19. The second kappa shape index (κ2) is 9.99. The minimum Gasteiger partial charge on any atom is -0.486 e. The van der Waals surface area contributed by atoms with E-state index in [4.69, 9.17) is 18.6 Å². The third-order valence-corrected chi connectivity index (χ3v) is 6.76. The summed E-state index contributed by atoms with van der Waals surface area (Å²) in [5, 5.41) is 0. The molecule has 32 heavy (non-hydrogen) atoms. The fourth-order valence-corrected chi connectivity index (χ4v) is 4.67. The molecule has 1 saturated heterocycles. The lowest BCUT2D eigenvalue weighted by atomic mass is 10.2. The van der Waals surface area contributed by atoms with Crippen LogP contribution in [-0.2, 0) is 32.7 Å². The van der Waals surface area contributed by atoms with Crippen LogP contribution in [0.3, 0.4) is 0 Å². The number of morpholine rings is 1. The summed E-state index contributed by atoms with van der Waals surface area (Å²) in [6.07, 6.45) is 0. The first-order valence-corrected chi connectivity index (χ1v) is 11.6. The number of carbonyl (C=O) groups excluding carboxylic acids is 1. The molecule has 0 saturated carbocycles. The van der Waals surface area contributed by atoms with Crippen molar-refractivity contribution in [3.63, 3.8) is 0 Å². The molecule has 3 aromatic rings. The summed E-state index contributed by atoms with van der Waals surface area (Å²) in [5.41, 5.74) is 0.562. The van der Waals surface area contributed by atoms with E-state index in [0.29, 0.717) is 43.4 Å². The van der Waals surface area contributed by atoms with Gasteiger partial charge in [-0.1, -0.05) is 30.3 Å². The standard InChI is InChI=1S/C23H23NO7S/c25-23(22-10-9-20(31-22)17-29-19-6-2-1-3-7-19)30-16-18-5-4-8-21(15-18)32(26,27)24-11-13-28-14-12-24/h1-10,15H,11-14,16-17H2. The number of esters is 1. The Kier molecular flexibility index (Phi) is 6.89. The molecule has 0 bridgehead atoms. The molecule has 8 nitrogen and oxygen atoms in total. The maximum absolute atomic E-state index is 12.8. The Morgan fingerprint density at radius 2 is 1.72 bits per heavy atom. The molecule has 0 unspecified atom stereocenters. The normalized spacial score (nSPS) is 14.8. The van der Waals surface area contributed by atoms with Gasteiger partial charge in [-0.15, -0.1) is 0 Å². The molecule has 0 radical (unpaired) electrons. The Morgan fingerprint density at radius 1 is 0.938 bits per heavy atom. The minimum atomic E-state index is -3.62. The summed E-state index contributed by atoms with van der Waals surface area (Å²) in [4.78, 5) is 12.5.